The first kappa shape index (κ1) is 11.8. The zero-order chi connectivity index (χ0) is 12.6. The summed E-state index contributed by atoms with van der Waals surface area (Å²) in [6.45, 7) is 0.464. The summed E-state index contributed by atoms with van der Waals surface area (Å²) in [6.07, 6.45) is 5.22. The summed E-state index contributed by atoms with van der Waals surface area (Å²) in [5.74, 6) is 0.743. The number of amides is 1. The first-order valence-electron chi connectivity index (χ1n) is 6.44. The number of nitrogens with one attached hydrogen (secondary N) is 1. The molecule has 1 aliphatic heterocycles. The molecule has 4 heteroatoms. The molecule has 1 N–H and O–H groups in total. The average molecular weight is 266 g/mol. The van der Waals surface area contributed by atoms with Crippen LogP contribution in [-0.2, 0) is 4.79 Å². The van der Waals surface area contributed by atoms with E-state index in [2.05, 4.69) is 5.32 Å². The van der Waals surface area contributed by atoms with Crippen molar-refractivity contribution in [2.45, 2.75) is 32.1 Å². The summed E-state index contributed by atoms with van der Waals surface area (Å²) in [4.78, 5) is 12.5. The lowest BCUT2D eigenvalue weighted by Crippen LogP contribution is -2.41. The van der Waals surface area contributed by atoms with Crippen molar-refractivity contribution >= 4 is 23.2 Å². The summed E-state index contributed by atoms with van der Waals surface area (Å²) >= 11 is 6.11. The van der Waals surface area contributed by atoms with Crippen molar-refractivity contribution in [2.75, 3.05) is 11.9 Å². The molecule has 0 bridgehead atoms. The number of benzene rings is 1. The average Bonchev–Trinajstić information content (AvgIpc) is 2.52. The molecule has 0 unspecified atom stereocenters. The fraction of sp³-hybridized carbons (Fsp3) is 0.500. The fourth-order valence-electron chi connectivity index (χ4n) is 2.87. The number of rotatable bonds is 0. The van der Waals surface area contributed by atoms with Crippen LogP contribution < -0.4 is 10.1 Å². The van der Waals surface area contributed by atoms with E-state index >= 15 is 0 Å². The monoisotopic (exact) mass is 265 g/mol. The SMILES string of the molecule is O=C1Nc2c(Cl)cccc2OCC12CCCCC2. The van der Waals surface area contributed by atoms with Crippen LogP contribution in [-0.4, -0.2) is 12.5 Å². The van der Waals surface area contributed by atoms with E-state index < -0.39 is 0 Å². The van der Waals surface area contributed by atoms with Gasteiger partial charge in [0.05, 0.1) is 10.4 Å². The Morgan fingerprint density at radius 3 is 2.78 bits per heavy atom. The van der Waals surface area contributed by atoms with Crippen LogP contribution in [0.2, 0.25) is 5.02 Å². The van der Waals surface area contributed by atoms with Gasteiger partial charge in [0.15, 0.2) is 0 Å². The highest BCUT2D eigenvalue weighted by Gasteiger charge is 2.42. The van der Waals surface area contributed by atoms with Gasteiger partial charge in [-0.15, -0.1) is 0 Å². The third kappa shape index (κ3) is 1.87. The predicted molar refractivity (Wildman–Crippen MR) is 71.1 cm³/mol. The quantitative estimate of drug-likeness (QED) is 0.778. The van der Waals surface area contributed by atoms with Crippen molar-refractivity contribution in [1.82, 2.24) is 0 Å². The maximum Gasteiger partial charge on any atom is 0.234 e. The van der Waals surface area contributed by atoms with Gasteiger partial charge in [0.25, 0.3) is 0 Å². The maximum atomic E-state index is 12.5. The van der Waals surface area contributed by atoms with Gasteiger partial charge in [-0.1, -0.05) is 36.9 Å². The molecule has 1 fully saturated rings. The molecule has 3 rings (SSSR count). The van der Waals surface area contributed by atoms with Crippen molar-refractivity contribution in [2.24, 2.45) is 5.41 Å². The van der Waals surface area contributed by atoms with Gasteiger partial charge in [0.1, 0.15) is 18.0 Å². The van der Waals surface area contributed by atoms with Crippen LogP contribution in [0.25, 0.3) is 0 Å². The normalized spacial score (nSPS) is 21.7. The standard InChI is InChI=1S/C14H16ClNO2/c15-10-5-4-6-11-12(10)16-13(17)14(9-18-11)7-2-1-3-8-14/h4-6H,1-3,7-9H2,(H,16,17). The number of ether oxygens (including phenoxy) is 1. The summed E-state index contributed by atoms with van der Waals surface area (Å²) in [6, 6.07) is 5.46. The molecule has 1 amide bonds. The van der Waals surface area contributed by atoms with Gasteiger partial charge < -0.3 is 10.1 Å². The van der Waals surface area contributed by atoms with E-state index in [1.165, 1.54) is 6.42 Å². The van der Waals surface area contributed by atoms with Crippen LogP contribution in [0.5, 0.6) is 5.75 Å². The number of fused-ring (bicyclic) bond motifs is 1. The van der Waals surface area contributed by atoms with Crippen LogP contribution in [0.15, 0.2) is 18.2 Å². The van der Waals surface area contributed by atoms with E-state index in [1.807, 2.05) is 12.1 Å². The van der Waals surface area contributed by atoms with E-state index in [9.17, 15) is 4.79 Å². The van der Waals surface area contributed by atoms with Crippen molar-refractivity contribution in [3.05, 3.63) is 23.2 Å². The second-order valence-electron chi connectivity index (χ2n) is 5.20. The largest absolute Gasteiger partial charge is 0.490 e. The van der Waals surface area contributed by atoms with Crippen LogP contribution >= 0.6 is 11.6 Å². The molecule has 1 aromatic rings. The molecule has 2 aliphatic rings. The molecule has 1 heterocycles. The lowest BCUT2D eigenvalue weighted by molar-refractivity contribution is -0.128. The second-order valence-corrected chi connectivity index (χ2v) is 5.60. The fourth-order valence-corrected chi connectivity index (χ4v) is 3.09. The molecule has 1 aromatic carbocycles. The molecule has 0 saturated heterocycles. The van der Waals surface area contributed by atoms with E-state index in [4.69, 9.17) is 16.3 Å². The first-order chi connectivity index (χ1) is 8.71. The predicted octanol–water partition coefficient (Wildman–Crippen LogP) is 3.62. The summed E-state index contributed by atoms with van der Waals surface area (Å²) in [7, 11) is 0. The minimum Gasteiger partial charge on any atom is -0.490 e. The van der Waals surface area contributed by atoms with Crippen LogP contribution in [0.1, 0.15) is 32.1 Å². The Kier molecular flexibility index (Phi) is 2.94. The van der Waals surface area contributed by atoms with E-state index in [0.717, 1.165) is 25.7 Å². The van der Waals surface area contributed by atoms with Gasteiger partial charge in [-0.3, -0.25) is 4.79 Å². The maximum absolute atomic E-state index is 12.5. The third-order valence-corrected chi connectivity index (χ3v) is 4.33. The highest BCUT2D eigenvalue weighted by molar-refractivity contribution is 6.34. The minimum atomic E-state index is -0.361. The van der Waals surface area contributed by atoms with Crippen LogP contribution in [0, 0.1) is 5.41 Å². The Balaban J connectivity index is 1.95. The molecule has 96 valence electrons. The topological polar surface area (TPSA) is 38.3 Å². The number of hydrogen-bond donors (Lipinski definition) is 1. The first-order valence-corrected chi connectivity index (χ1v) is 6.82. The van der Waals surface area contributed by atoms with E-state index in [0.29, 0.717) is 23.1 Å². The highest BCUT2D eigenvalue weighted by Crippen LogP contribution is 2.43. The molecule has 1 saturated carbocycles. The lowest BCUT2D eigenvalue weighted by Gasteiger charge is -2.33. The molecule has 0 atom stereocenters. The van der Waals surface area contributed by atoms with Gasteiger partial charge in [-0.2, -0.15) is 0 Å². The Morgan fingerprint density at radius 1 is 1.22 bits per heavy atom. The third-order valence-electron chi connectivity index (χ3n) is 4.01. The second kappa shape index (κ2) is 4.47. The number of carbonyl (C=O) groups excluding carboxylic acids is 1. The molecular weight excluding hydrogens is 250 g/mol. The number of para-hydroxylation sites is 1. The number of carbonyl (C=O) groups is 1. The Bertz CT molecular complexity index is 481. The lowest BCUT2D eigenvalue weighted by atomic mass is 9.74. The molecule has 0 radical (unpaired) electrons. The highest BCUT2D eigenvalue weighted by atomic mass is 35.5. The van der Waals surface area contributed by atoms with Gasteiger partial charge >= 0.3 is 0 Å². The molecule has 18 heavy (non-hydrogen) atoms. The summed E-state index contributed by atoms with van der Waals surface area (Å²) in [5.41, 5.74) is 0.257. The van der Waals surface area contributed by atoms with Gasteiger partial charge in [-0.25, -0.2) is 0 Å². The Hall–Kier alpha value is -1.22. The molecule has 1 aliphatic carbocycles. The molecule has 3 nitrogen and oxygen atoms in total. The van der Waals surface area contributed by atoms with Gasteiger partial charge in [0.2, 0.25) is 5.91 Å². The van der Waals surface area contributed by atoms with Gasteiger partial charge in [0, 0.05) is 0 Å². The van der Waals surface area contributed by atoms with E-state index in [1.54, 1.807) is 6.07 Å². The summed E-state index contributed by atoms with van der Waals surface area (Å²) < 4.78 is 5.83. The summed E-state index contributed by atoms with van der Waals surface area (Å²) in [5, 5.41) is 3.49. The van der Waals surface area contributed by atoms with Crippen LogP contribution in [0.3, 0.4) is 0 Å². The van der Waals surface area contributed by atoms with Crippen molar-refractivity contribution in [1.29, 1.82) is 0 Å². The molecule has 0 aromatic heterocycles. The van der Waals surface area contributed by atoms with Gasteiger partial charge in [-0.05, 0) is 25.0 Å². The van der Waals surface area contributed by atoms with E-state index in [-0.39, 0.29) is 11.3 Å². The Morgan fingerprint density at radius 2 is 2.00 bits per heavy atom. The Labute approximate surface area is 111 Å². The zero-order valence-corrected chi connectivity index (χ0v) is 10.9. The number of anilines is 1. The van der Waals surface area contributed by atoms with Crippen molar-refractivity contribution in [3.63, 3.8) is 0 Å². The van der Waals surface area contributed by atoms with Crippen molar-refractivity contribution in [3.8, 4) is 5.75 Å². The number of hydrogen-bond acceptors (Lipinski definition) is 2. The zero-order valence-electron chi connectivity index (χ0n) is 10.2. The smallest absolute Gasteiger partial charge is 0.234 e. The van der Waals surface area contributed by atoms with Crippen LogP contribution in [0.4, 0.5) is 5.69 Å². The minimum absolute atomic E-state index is 0.0639. The number of halogens is 1. The molecule has 1 spiro atoms. The molecular formula is C14H16ClNO2. The van der Waals surface area contributed by atoms with Crippen molar-refractivity contribution < 1.29 is 9.53 Å².